The lowest BCUT2D eigenvalue weighted by Crippen LogP contribution is -2.34. The van der Waals surface area contributed by atoms with E-state index >= 15 is 0 Å². The van der Waals surface area contributed by atoms with Gasteiger partial charge in [-0.2, -0.15) is 0 Å². The molecule has 0 saturated heterocycles. The largest absolute Gasteiger partial charge is 0.345 e. The minimum Gasteiger partial charge on any atom is -0.345 e. The molecule has 0 fully saturated rings. The van der Waals surface area contributed by atoms with Crippen molar-refractivity contribution in [1.29, 1.82) is 0 Å². The number of aryl methyl sites for hydroxylation is 8. The molecule has 1 aliphatic carbocycles. The van der Waals surface area contributed by atoms with Gasteiger partial charge in [0, 0.05) is 156 Å². The van der Waals surface area contributed by atoms with Crippen molar-refractivity contribution >= 4 is 158 Å². The molecule has 0 spiro atoms. The van der Waals surface area contributed by atoms with Gasteiger partial charge in [-0.15, -0.1) is 136 Å². The highest BCUT2D eigenvalue weighted by Crippen LogP contribution is 2.65. The molecule has 2 nitrogen and oxygen atoms in total. The van der Waals surface area contributed by atoms with Crippen LogP contribution in [0.5, 0.6) is 0 Å². The Morgan fingerprint density at radius 1 is 0.247 bits per heavy atom. The summed E-state index contributed by atoms with van der Waals surface area (Å²) in [5.74, 6) is -1.34. The molecular weight excluding hydrogens is 1170 g/mol. The van der Waals surface area contributed by atoms with Crippen LogP contribution in [-0.2, 0) is 9.47 Å². The van der Waals surface area contributed by atoms with Crippen LogP contribution in [0.3, 0.4) is 0 Å². The molecule has 0 aromatic carbocycles. The smallest absolute Gasteiger partial charge is 0.225 e. The van der Waals surface area contributed by atoms with Crippen molar-refractivity contribution in [3.8, 4) is 80.8 Å². The average Bonchev–Trinajstić information content (AvgIpc) is 4.43. The number of ether oxygens (including phenoxy) is 2. The first-order valence-electron chi connectivity index (χ1n) is 25.0. The summed E-state index contributed by atoms with van der Waals surface area (Å²) in [4.78, 5) is 30.3. The van der Waals surface area contributed by atoms with E-state index < -0.39 is 5.79 Å². The molecule has 0 bridgehead atoms. The fourth-order valence-corrected chi connectivity index (χ4v) is 23.1. The van der Waals surface area contributed by atoms with Crippen LogP contribution in [0, 0.1) is 55.4 Å². The first-order chi connectivity index (χ1) is 37.2. The maximum absolute atomic E-state index is 7.35. The van der Waals surface area contributed by atoms with Crippen LogP contribution in [0.25, 0.3) is 103 Å². The van der Waals surface area contributed by atoms with Crippen molar-refractivity contribution in [3.63, 3.8) is 0 Å². The molecule has 12 aromatic rings. The summed E-state index contributed by atoms with van der Waals surface area (Å²) >= 11 is 22.5. The molecule has 0 atom stereocenters. The number of thiophene rings is 12. The predicted octanol–water partition coefficient (Wildman–Crippen LogP) is 23.8. The van der Waals surface area contributed by atoms with Gasteiger partial charge in [-0.05, 0) is 177 Å². The highest BCUT2D eigenvalue weighted by molar-refractivity contribution is 7.27. The molecule has 14 heteroatoms. The zero-order valence-corrected chi connectivity index (χ0v) is 53.6. The average molecular weight is 1220 g/mol. The number of methoxy groups -OCH3 is 2. The lowest BCUT2D eigenvalue weighted by atomic mass is 9.97. The Labute approximate surface area is 498 Å². The summed E-state index contributed by atoms with van der Waals surface area (Å²) in [7, 11) is 3.74. The van der Waals surface area contributed by atoms with Crippen molar-refractivity contribution in [2.75, 3.05) is 14.2 Å². The van der Waals surface area contributed by atoms with Gasteiger partial charge in [-0.1, -0.05) is 0 Å². The van der Waals surface area contributed by atoms with Gasteiger partial charge in [0.2, 0.25) is 5.79 Å². The van der Waals surface area contributed by atoms with E-state index in [9.17, 15) is 0 Å². The number of rotatable bonds is 14. The molecular formula is C63H50O2S12. The third kappa shape index (κ3) is 9.31. The maximum atomic E-state index is 7.35. The zero-order chi connectivity index (χ0) is 53.0. The zero-order valence-electron chi connectivity index (χ0n) is 43.8. The Kier molecular flexibility index (Phi) is 14.0. The van der Waals surface area contributed by atoms with Gasteiger partial charge in [0.1, 0.15) is 0 Å². The Balaban J connectivity index is 1.20. The van der Waals surface area contributed by atoms with Gasteiger partial charge >= 0.3 is 0 Å². The fourth-order valence-electron chi connectivity index (χ4n) is 10.3. The second-order valence-corrected chi connectivity index (χ2v) is 33.7. The minimum atomic E-state index is -1.34. The monoisotopic (exact) mass is 1220 g/mol. The van der Waals surface area contributed by atoms with Crippen LogP contribution in [0.15, 0.2) is 121 Å². The van der Waals surface area contributed by atoms with Crippen LogP contribution in [0.1, 0.15) is 58.5 Å². The maximum Gasteiger partial charge on any atom is 0.225 e. The summed E-state index contributed by atoms with van der Waals surface area (Å²) in [5.41, 5.74) is 9.41. The van der Waals surface area contributed by atoms with Crippen molar-refractivity contribution in [3.05, 3.63) is 180 Å². The van der Waals surface area contributed by atoms with Crippen LogP contribution in [0.4, 0.5) is 0 Å². The molecule has 0 unspecified atom stereocenters. The van der Waals surface area contributed by atoms with Crippen LogP contribution < -0.4 is 0 Å². The molecule has 0 amide bonds. The van der Waals surface area contributed by atoms with Crippen LogP contribution >= 0.6 is 136 Å². The van der Waals surface area contributed by atoms with Gasteiger partial charge in [-0.25, -0.2) is 0 Å². The lowest BCUT2D eigenvalue weighted by Gasteiger charge is -2.32. The van der Waals surface area contributed by atoms with Crippen LogP contribution in [0.2, 0.25) is 0 Å². The number of hydrogen-bond acceptors (Lipinski definition) is 14. The molecule has 386 valence electrons. The first-order valence-corrected chi connectivity index (χ1v) is 34.8. The van der Waals surface area contributed by atoms with Gasteiger partial charge in [0.05, 0.1) is 19.5 Å². The Hall–Kier alpha value is -4.20. The quantitative estimate of drug-likeness (QED) is 0.101. The summed E-state index contributed by atoms with van der Waals surface area (Å²) in [5, 5.41) is 0. The highest BCUT2D eigenvalue weighted by Gasteiger charge is 2.52. The summed E-state index contributed by atoms with van der Waals surface area (Å²) < 4.78 is 14.7. The Morgan fingerprint density at radius 2 is 0.455 bits per heavy atom. The molecule has 77 heavy (non-hydrogen) atoms. The Bertz CT molecular complexity index is 3760. The molecule has 12 heterocycles. The van der Waals surface area contributed by atoms with Crippen LogP contribution in [-0.4, -0.2) is 20.0 Å². The molecule has 0 N–H and O–H groups in total. The summed E-state index contributed by atoms with van der Waals surface area (Å²) in [6, 6.07) is 46.5. The van der Waals surface area contributed by atoms with E-state index in [-0.39, 0.29) is 0 Å². The van der Waals surface area contributed by atoms with E-state index in [1.165, 1.54) is 130 Å². The van der Waals surface area contributed by atoms with Gasteiger partial charge in [-0.3, -0.25) is 0 Å². The molecule has 0 radical (unpaired) electrons. The molecule has 0 saturated carbocycles. The topological polar surface area (TPSA) is 18.5 Å². The second kappa shape index (κ2) is 20.7. The minimum absolute atomic E-state index is 1.04. The fraction of sp³-hybridized carbons (Fsp3) is 0.175. The standard InChI is InChI=1S/C63H50O2S12/c1-31-11-19-43(66-31)39-27-51(74-59(39)47-23-15-35(5)70-47)55-56(52-28-40(44-20-12-32(2)67-44)60(75-52)48-24-16-36(6)71-48)58(54-30-42(46-22-14-34(4)69-46)62(77-54)50-26-18-38(8)73-50)63(64-9,65-10)57(55)53-29-41(45-21-13-33(3)68-45)61(76-53)49-25-17-37(7)72-49/h11-30H,1-10H3. The number of allylic oxidation sites excluding steroid dienone is 2. The van der Waals surface area contributed by atoms with E-state index in [4.69, 9.17) is 9.47 Å². The molecule has 12 aromatic heterocycles. The summed E-state index contributed by atoms with van der Waals surface area (Å²) in [6.45, 7) is 17.7. The first kappa shape index (κ1) is 52.2. The highest BCUT2D eigenvalue weighted by atomic mass is 32.1. The summed E-state index contributed by atoms with van der Waals surface area (Å²) in [6.07, 6.45) is 0. The molecule has 1 aliphatic rings. The van der Waals surface area contributed by atoms with E-state index in [2.05, 4.69) is 177 Å². The van der Waals surface area contributed by atoms with E-state index in [0.717, 1.165) is 32.0 Å². The van der Waals surface area contributed by atoms with Gasteiger partial charge in [0.25, 0.3) is 0 Å². The second-order valence-electron chi connectivity index (χ2n) is 19.2. The Morgan fingerprint density at radius 3 is 0.662 bits per heavy atom. The predicted molar refractivity (Wildman–Crippen MR) is 352 cm³/mol. The third-order valence-electron chi connectivity index (χ3n) is 13.8. The van der Waals surface area contributed by atoms with E-state index in [0.29, 0.717) is 0 Å². The molecule has 13 rings (SSSR count). The van der Waals surface area contributed by atoms with Gasteiger partial charge in [0.15, 0.2) is 0 Å². The normalized spacial score (nSPS) is 13.7. The lowest BCUT2D eigenvalue weighted by molar-refractivity contribution is -0.114. The van der Waals surface area contributed by atoms with Crippen molar-refractivity contribution in [2.24, 2.45) is 0 Å². The third-order valence-corrected chi connectivity index (χ3v) is 27.2. The number of hydrogen-bond donors (Lipinski definition) is 0. The van der Waals surface area contributed by atoms with Crippen molar-refractivity contribution in [2.45, 2.75) is 61.2 Å². The van der Waals surface area contributed by atoms with Crippen molar-refractivity contribution < 1.29 is 9.47 Å². The van der Waals surface area contributed by atoms with E-state index in [1.807, 2.05) is 150 Å². The van der Waals surface area contributed by atoms with E-state index in [1.54, 1.807) is 0 Å². The van der Waals surface area contributed by atoms with Crippen molar-refractivity contribution in [1.82, 2.24) is 0 Å². The SMILES string of the molecule is COC1(OC)C(c2cc(-c3ccc(C)s3)c(-c3ccc(C)s3)s2)=C(c2cc(-c3ccc(C)s3)c(-c3ccc(C)s3)s2)C(c2cc(-c3ccc(C)s3)c(-c3ccc(C)s3)s2)=C1c1cc(-c2ccc(C)s2)c(-c2ccc(C)s2)s1. The van der Waals surface area contributed by atoms with Gasteiger partial charge < -0.3 is 9.47 Å². The molecule has 0 aliphatic heterocycles.